The minimum Gasteiger partial charge on any atom is -0.465 e. The molecule has 6 nitrogen and oxygen atoms in total. The normalized spacial score (nSPS) is 16.5. The van der Waals surface area contributed by atoms with Gasteiger partial charge in [0.1, 0.15) is 5.01 Å². The molecule has 0 aliphatic carbocycles. The van der Waals surface area contributed by atoms with Gasteiger partial charge in [0.25, 0.3) is 0 Å². The molecule has 0 radical (unpaired) electrons. The van der Waals surface area contributed by atoms with Crippen LogP contribution in [-0.4, -0.2) is 59.0 Å². The Hall–Kier alpha value is -2.22. The molecule has 4 rings (SSSR count). The lowest BCUT2D eigenvalue weighted by Crippen LogP contribution is -2.30. The van der Waals surface area contributed by atoms with Crippen LogP contribution >= 0.6 is 11.3 Å². The van der Waals surface area contributed by atoms with Gasteiger partial charge >= 0.3 is 5.97 Å². The molecule has 27 heavy (non-hydrogen) atoms. The molecule has 0 bridgehead atoms. The van der Waals surface area contributed by atoms with Crippen molar-refractivity contribution in [3.63, 3.8) is 0 Å². The topological polar surface area (TPSA) is 61.5 Å². The van der Waals surface area contributed by atoms with E-state index in [0.717, 1.165) is 44.8 Å². The minimum atomic E-state index is -0.305. The summed E-state index contributed by atoms with van der Waals surface area (Å²) in [6.07, 6.45) is 5.11. The molecule has 1 aromatic carbocycles. The number of H-pyrrole nitrogens is 1. The van der Waals surface area contributed by atoms with Crippen molar-refractivity contribution in [2.75, 3.05) is 33.3 Å². The van der Waals surface area contributed by atoms with Crippen molar-refractivity contribution in [1.82, 2.24) is 19.8 Å². The van der Waals surface area contributed by atoms with E-state index in [0.29, 0.717) is 5.56 Å². The van der Waals surface area contributed by atoms with Gasteiger partial charge in [-0.1, -0.05) is 6.07 Å². The Bertz CT molecular complexity index is 906. The molecule has 3 aromatic rings. The Kier molecular flexibility index (Phi) is 5.52. The van der Waals surface area contributed by atoms with E-state index in [2.05, 4.69) is 26.0 Å². The van der Waals surface area contributed by atoms with Gasteiger partial charge in [-0.15, -0.1) is 11.3 Å². The second-order valence-corrected chi connectivity index (χ2v) is 7.88. The lowest BCUT2D eigenvalue weighted by atomic mass is 10.1. The van der Waals surface area contributed by atoms with Crippen LogP contribution in [0.25, 0.3) is 10.9 Å². The number of fused-ring (bicyclic) bond motifs is 1. The Morgan fingerprint density at radius 3 is 2.78 bits per heavy atom. The molecule has 0 atom stereocenters. The number of hydrogen-bond acceptors (Lipinski definition) is 6. The molecule has 1 N–H and O–H groups in total. The molecule has 2 aromatic heterocycles. The summed E-state index contributed by atoms with van der Waals surface area (Å²) >= 11 is 1.73. The van der Waals surface area contributed by atoms with E-state index in [1.54, 1.807) is 11.3 Å². The molecular weight excluding hydrogens is 360 g/mol. The number of methoxy groups -OCH3 is 1. The molecular formula is C20H24N4O2S. The van der Waals surface area contributed by atoms with Crippen molar-refractivity contribution in [3.05, 3.63) is 52.1 Å². The van der Waals surface area contributed by atoms with Crippen molar-refractivity contribution < 1.29 is 9.53 Å². The van der Waals surface area contributed by atoms with Crippen LogP contribution in [0, 0.1) is 0 Å². The van der Waals surface area contributed by atoms with Crippen LogP contribution in [-0.2, 0) is 17.8 Å². The van der Waals surface area contributed by atoms with Crippen molar-refractivity contribution >= 4 is 28.2 Å². The van der Waals surface area contributed by atoms with Crippen molar-refractivity contribution in [3.8, 4) is 0 Å². The molecule has 7 heteroatoms. The third-order valence-corrected chi connectivity index (χ3v) is 5.87. The molecule has 0 unspecified atom stereocenters. The van der Waals surface area contributed by atoms with E-state index in [-0.39, 0.29) is 5.97 Å². The Morgan fingerprint density at radius 1 is 1.22 bits per heavy atom. The second kappa shape index (κ2) is 8.21. The summed E-state index contributed by atoms with van der Waals surface area (Å²) in [4.78, 5) is 24.4. The number of esters is 1. The zero-order valence-electron chi connectivity index (χ0n) is 15.5. The van der Waals surface area contributed by atoms with Gasteiger partial charge in [-0.2, -0.15) is 0 Å². The van der Waals surface area contributed by atoms with Gasteiger partial charge in [-0.25, -0.2) is 9.78 Å². The predicted molar refractivity (Wildman–Crippen MR) is 107 cm³/mol. The van der Waals surface area contributed by atoms with Gasteiger partial charge in [0, 0.05) is 48.3 Å². The quantitative estimate of drug-likeness (QED) is 0.685. The van der Waals surface area contributed by atoms with E-state index in [4.69, 9.17) is 4.74 Å². The highest BCUT2D eigenvalue weighted by molar-refractivity contribution is 7.09. The molecule has 1 saturated heterocycles. The Labute approximate surface area is 162 Å². The number of aromatic amines is 1. The molecule has 0 amide bonds. The number of thiazole rings is 1. The number of aromatic nitrogens is 2. The van der Waals surface area contributed by atoms with Gasteiger partial charge < -0.3 is 9.72 Å². The first-order chi connectivity index (χ1) is 13.2. The average Bonchev–Trinajstić information content (AvgIpc) is 3.28. The maximum absolute atomic E-state index is 11.7. The molecule has 0 saturated carbocycles. The molecule has 1 aliphatic heterocycles. The molecule has 142 valence electrons. The summed E-state index contributed by atoms with van der Waals surface area (Å²) in [7, 11) is 1.41. The largest absolute Gasteiger partial charge is 0.465 e. The predicted octanol–water partition coefficient (Wildman–Crippen LogP) is 3.12. The van der Waals surface area contributed by atoms with Crippen LogP contribution in [0.1, 0.15) is 27.3 Å². The zero-order valence-corrected chi connectivity index (χ0v) is 16.3. The van der Waals surface area contributed by atoms with Crippen LogP contribution in [0.3, 0.4) is 0 Å². The molecule has 1 aliphatic rings. The van der Waals surface area contributed by atoms with Crippen LogP contribution < -0.4 is 0 Å². The highest BCUT2D eigenvalue weighted by Crippen LogP contribution is 2.22. The van der Waals surface area contributed by atoms with Crippen molar-refractivity contribution in [2.24, 2.45) is 0 Å². The van der Waals surface area contributed by atoms with Crippen LogP contribution in [0.2, 0.25) is 0 Å². The number of nitrogens with one attached hydrogen (secondary N) is 1. The highest BCUT2D eigenvalue weighted by atomic mass is 32.1. The number of carbonyl (C=O) groups excluding carboxylic acids is 1. The van der Waals surface area contributed by atoms with E-state index < -0.39 is 0 Å². The van der Waals surface area contributed by atoms with Crippen molar-refractivity contribution in [2.45, 2.75) is 19.5 Å². The monoisotopic (exact) mass is 384 g/mol. The van der Waals surface area contributed by atoms with E-state index in [9.17, 15) is 4.79 Å². The Morgan fingerprint density at radius 2 is 2.04 bits per heavy atom. The first kappa shape index (κ1) is 18.2. The maximum Gasteiger partial charge on any atom is 0.337 e. The van der Waals surface area contributed by atoms with E-state index in [1.807, 2.05) is 29.8 Å². The summed E-state index contributed by atoms with van der Waals surface area (Å²) in [6, 6.07) is 5.71. The first-order valence-corrected chi connectivity index (χ1v) is 10.1. The summed E-state index contributed by atoms with van der Waals surface area (Å²) < 4.78 is 4.81. The highest BCUT2D eigenvalue weighted by Gasteiger charge is 2.17. The number of benzene rings is 1. The summed E-state index contributed by atoms with van der Waals surface area (Å²) in [6.45, 7) is 6.21. The third-order valence-electron chi connectivity index (χ3n) is 5.11. The zero-order chi connectivity index (χ0) is 18.6. The van der Waals surface area contributed by atoms with Gasteiger partial charge in [0.05, 0.1) is 19.2 Å². The summed E-state index contributed by atoms with van der Waals surface area (Å²) in [5, 5.41) is 4.41. The van der Waals surface area contributed by atoms with E-state index in [1.165, 1.54) is 29.5 Å². The lowest BCUT2D eigenvalue weighted by Gasteiger charge is -2.21. The summed E-state index contributed by atoms with van der Waals surface area (Å²) in [5.74, 6) is -0.305. The van der Waals surface area contributed by atoms with E-state index >= 15 is 0 Å². The fourth-order valence-electron chi connectivity index (χ4n) is 3.67. The van der Waals surface area contributed by atoms with Gasteiger partial charge in [0.15, 0.2) is 0 Å². The molecule has 0 spiro atoms. The summed E-state index contributed by atoms with van der Waals surface area (Å²) in [5.41, 5.74) is 2.83. The SMILES string of the molecule is COC(=O)c1ccc2c(CN3CCCN(Cc4nccs4)CC3)c[nH]c2c1. The number of nitrogens with zero attached hydrogens (tertiary/aromatic N) is 3. The third kappa shape index (κ3) is 4.21. The standard InChI is InChI=1S/C20H24N4O2S/c1-26-20(25)15-3-4-17-16(12-22-18(17)11-15)13-23-6-2-7-24(9-8-23)14-19-21-5-10-27-19/h3-5,10-12,22H,2,6-9,13-14H2,1H3. The van der Waals surface area contributed by atoms with Crippen LogP contribution in [0.4, 0.5) is 0 Å². The van der Waals surface area contributed by atoms with Crippen LogP contribution in [0.15, 0.2) is 36.0 Å². The number of carbonyl (C=O) groups is 1. The fourth-order valence-corrected chi connectivity index (χ4v) is 4.32. The van der Waals surface area contributed by atoms with Crippen LogP contribution in [0.5, 0.6) is 0 Å². The van der Waals surface area contributed by atoms with Gasteiger partial charge in [-0.05, 0) is 37.2 Å². The fraction of sp³-hybridized carbons (Fsp3) is 0.400. The first-order valence-electron chi connectivity index (χ1n) is 9.24. The number of rotatable bonds is 5. The lowest BCUT2D eigenvalue weighted by molar-refractivity contribution is 0.0601. The molecule has 3 heterocycles. The van der Waals surface area contributed by atoms with Crippen molar-refractivity contribution in [1.29, 1.82) is 0 Å². The Balaban J connectivity index is 1.41. The average molecular weight is 385 g/mol. The van der Waals surface area contributed by atoms with Gasteiger partial charge in [-0.3, -0.25) is 9.80 Å². The second-order valence-electron chi connectivity index (χ2n) is 6.90. The smallest absolute Gasteiger partial charge is 0.337 e. The van der Waals surface area contributed by atoms with Gasteiger partial charge in [0.2, 0.25) is 0 Å². The molecule has 1 fully saturated rings. The minimum absolute atomic E-state index is 0.305. The number of hydrogen-bond donors (Lipinski definition) is 1. The maximum atomic E-state index is 11.7. The number of ether oxygens (including phenoxy) is 1.